The zero-order valence-corrected chi connectivity index (χ0v) is 22.4. The van der Waals surface area contributed by atoms with E-state index in [1.807, 2.05) is 44.4 Å². The molecule has 1 heterocycles. The average molecular weight is 524 g/mol. The third kappa shape index (κ3) is 10.2. The summed E-state index contributed by atoms with van der Waals surface area (Å²) in [5, 5.41) is 24.3. The molecule has 10 heteroatoms. The number of para-hydroxylation sites is 1. The standard InChI is InChI=1S/C24H33N5O.C4H4O4/c1-28(2)15-7-13-25-22-12-11-19(24(30)26-14-8-16-29(3)4)23-20(22)17-18-9-5-6-10-21(18)27-23;5-3(6)1-2-4(7)8/h5-6,9-12,17,25H,7-8,13-16H2,1-4H3,(H,26,30);1-2H,(H,5,6)(H,7,8)/b;2-1-. The molecule has 2 aromatic carbocycles. The summed E-state index contributed by atoms with van der Waals surface area (Å²) in [6.45, 7) is 3.49. The first-order chi connectivity index (χ1) is 18.1. The lowest BCUT2D eigenvalue weighted by molar-refractivity contribution is -0.134. The van der Waals surface area contributed by atoms with Gasteiger partial charge in [0.05, 0.1) is 16.6 Å². The maximum Gasteiger partial charge on any atom is 0.328 e. The van der Waals surface area contributed by atoms with Crippen LogP contribution >= 0.6 is 0 Å². The molecule has 0 aliphatic heterocycles. The van der Waals surface area contributed by atoms with Gasteiger partial charge in [-0.3, -0.25) is 4.79 Å². The summed E-state index contributed by atoms with van der Waals surface area (Å²) in [4.78, 5) is 41.2. The SMILES string of the molecule is CN(C)CCCNC(=O)c1ccc(NCCCN(C)C)c2cc3ccccc3nc12.O=C(O)/C=C\C(=O)O. The fourth-order valence-electron chi connectivity index (χ4n) is 3.65. The van der Waals surface area contributed by atoms with E-state index in [0.717, 1.165) is 60.0 Å². The lowest BCUT2D eigenvalue weighted by atomic mass is 10.0. The molecule has 0 aliphatic rings. The Morgan fingerprint density at radius 3 is 2.08 bits per heavy atom. The third-order valence-electron chi connectivity index (χ3n) is 5.46. The number of amides is 1. The van der Waals surface area contributed by atoms with Crippen LogP contribution < -0.4 is 10.6 Å². The molecule has 204 valence electrons. The van der Waals surface area contributed by atoms with Gasteiger partial charge in [-0.1, -0.05) is 18.2 Å². The molecule has 0 fully saturated rings. The topological polar surface area (TPSA) is 135 Å². The van der Waals surface area contributed by atoms with Crippen LogP contribution in [0.4, 0.5) is 5.69 Å². The smallest absolute Gasteiger partial charge is 0.328 e. The molecule has 0 saturated heterocycles. The van der Waals surface area contributed by atoms with Crippen molar-refractivity contribution in [3.05, 3.63) is 60.2 Å². The van der Waals surface area contributed by atoms with Crippen molar-refractivity contribution in [1.29, 1.82) is 0 Å². The van der Waals surface area contributed by atoms with Crippen molar-refractivity contribution < 1.29 is 24.6 Å². The van der Waals surface area contributed by atoms with Crippen LogP contribution in [-0.2, 0) is 9.59 Å². The number of carbonyl (C=O) groups is 3. The summed E-state index contributed by atoms with van der Waals surface area (Å²) in [6, 6.07) is 14.1. The summed E-state index contributed by atoms with van der Waals surface area (Å²) >= 11 is 0. The molecule has 4 N–H and O–H groups in total. The molecule has 0 atom stereocenters. The summed E-state index contributed by atoms with van der Waals surface area (Å²) in [5.74, 6) is -2.58. The Kier molecular flexibility index (Phi) is 12.1. The van der Waals surface area contributed by atoms with Gasteiger partial charge in [-0.2, -0.15) is 0 Å². The number of hydrogen-bond acceptors (Lipinski definition) is 7. The van der Waals surface area contributed by atoms with Gasteiger partial charge in [-0.25, -0.2) is 14.6 Å². The highest BCUT2D eigenvalue weighted by Crippen LogP contribution is 2.29. The Morgan fingerprint density at radius 2 is 1.47 bits per heavy atom. The van der Waals surface area contributed by atoms with E-state index in [-0.39, 0.29) is 5.91 Å². The molecule has 3 rings (SSSR count). The predicted octanol–water partition coefficient (Wildman–Crippen LogP) is 3.14. The summed E-state index contributed by atoms with van der Waals surface area (Å²) in [5.41, 5.74) is 3.29. The highest BCUT2D eigenvalue weighted by atomic mass is 16.4. The molecule has 38 heavy (non-hydrogen) atoms. The van der Waals surface area contributed by atoms with Gasteiger partial charge in [0.2, 0.25) is 0 Å². The number of carbonyl (C=O) groups excluding carboxylic acids is 1. The molecule has 0 radical (unpaired) electrons. The van der Waals surface area contributed by atoms with E-state index >= 15 is 0 Å². The average Bonchev–Trinajstić information content (AvgIpc) is 2.86. The summed E-state index contributed by atoms with van der Waals surface area (Å²) < 4.78 is 0. The highest BCUT2D eigenvalue weighted by molar-refractivity contribution is 6.11. The second kappa shape index (κ2) is 15.3. The lowest BCUT2D eigenvalue weighted by Gasteiger charge is -2.15. The van der Waals surface area contributed by atoms with E-state index in [4.69, 9.17) is 15.2 Å². The Labute approximate surface area is 222 Å². The van der Waals surface area contributed by atoms with Crippen LogP contribution in [0.25, 0.3) is 21.8 Å². The van der Waals surface area contributed by atoms with Crippen molar-refractivity contribution in [2.75, 3.05) is 59.7 Å². The number of rotatable bonds is 12. The van der Waals surface area contributed by atoms with Crippen molar-refractivity contribution in [3.63, 3.8) is 0 Å². The number of pyridine rings is 1. The van der Waals surface area contributed by atoms with Crippen LogP contribution in [0.1, 0.15) is 23.2 Å². The molecule has 0 aliphatic carbocycles. The molecule has 0 saturated carbocycles. The van der Waals surface area contributed by atoms with Crippen LogP contribution in [0.5, 0.6) is 0 Å². The second-order valence-corrected chi connectivity index (χ2v) is 9.24. The first-order valence-electron chi connectivity index (χ1n) is 12.4. The quantitative estimate of drug-likeness (QED) is 0.160. The number of aromatic nitrogens is 1. The molecule has 1 aromatic heterocycles. The van der Waals surface area contributed by atoms with Gasteiger partial charge in [0.15, 0.2) is 0 Å². The van der Waals surface area contributed by atoms with E-state index in [9.17, 15) is 14.4 Å². The van der Waals surface area contributed by atoms with Gasteiger partial charge in [0.1, 0.15) is 0 Å². The fourth-order valence-corrected chi connectivity index (χ4v) is 3.65. The van der Waals surface area contributed by atoms with E-state index in [1.165, 1.54) is 0 Å². The highest BCUT2D eigenvalue weighted by Gasteiger charge is 2.15. The molecule has 0 unspecified atom stereocenters. The van der Waals surface area contributed by atoms with E-state index in [0.29, 0.717) is 24.3 Å². The van der Waals surface area contributed by atoms with Gasteiger partial charge in [-0.15, -0.1) is 0 Å². The minimum absolute atomic E-state index is 0.0688. The van der Waals surface area contributed by atoms with Crippen LogP contribution in [0, 0.1) is 0 Å². The van der Waals surface area contributed by atoms with Gasteiger partial charge < -0.3 is 30.6 Å². The number of hydrogen-bond donors (Lipinski definition) is 4. The van der Waals surface area contributed by atoms with Crippen LogP contribution in [-0.4, -0.2) is 97.2 Å². The number of anilines is 1. The molecule has 0 spiro atoms. The Bertz CT molecular complexity index is 1260. The number of aliphatic carboxylic acids is 2. The fraction of sp³-hybridized carbons (Fsp3) is 0.357. The number of nitrogens with one attached hydrogen (secondary N) is 2. The van der Waals surface area contributed by atoms with Gasteiger partial charge >= 0.3 is 11.9 Å². The van der Waals surface area contributed by atoms with Crippen molar-refractivity contribution >= 4 is 45.3 Å². The van der Waals surface area contributed by atoms with Crippen LogP contribution in [0.15, 0.2) is 54.6 Å². The monoisotopic (exact) mass is 523 g/mol. The molecule has 3 aromatic rings. The first-order valence-corrected chi connectivity index (χ1v) is 12.4. The summed E-state index contributed by atoms with van der Waals surface area (Å²) in [7, 11) is 8.23. The van der Waals surface area contributed by atoms with Crippen molar-refractivity contribution in [3.8, 4) is 0 Å². The lowest BCUT2D eigenvalue weighted by Crippen LogP contribution is -2.27. The molecule has 0 bridgehead atoms. The van der Waals surface area contributed by atoms with Gasteiger partial charge in [-0.05, 0) is 78.4 Å². The Balaban J connectivity index is 0.000000550. The molecule has 10 nitrogen and oxygen atoms in total. The number of benzene rings is 2. The van der Waals surface area contributed by atoms with Crippen LogP contribution in [0.3, 0.4) is 0 Å². The molecular formula is C28H37N5O5. The predicted molar refractivity (Wildman–Crippen MR) is 151 cm³/mol. The molecular weight excluding hydrogens is 486 g/mol. The maximum atomic E-state index is 12.9. The number of nitrogens with zero attached hydrogens (tertiary/aromatic N) is 3. The van der Waals surface area contributed by atoms with E-state index < -0.39 is 11.9 Å². The van der Waals surface area contributed by atoms with E-state index in [2.05, 4.69) is 46.7 Å². The number of carboxylic acid groups (broad SMARTS) is 2. The Morgan fingerprint density at radius 1 is 0.868 bits per heavy atom. The second-order valence-electron chi connectivity index (χ2n) is 9.24. The third-order valence-corrected chi connectivity index (χ3v) is 5.46. The first kappa shape index (κ1) is 30.2. The Hall–Kier alpha value is -4.02. The molecule has 1 amide bonds. The largest absolute Gasteiger partial charge is 0.478 e. The maximum absolute atomic E-state index is 12.9. The number of fused-ring (bicyclic) bond motifs is 2. The van der Waals surface area contributed by atoms with Crippen LogP contribution in [0.2, 0.25) is 0 Å². The normalized spacial score (nSPS) is 11.1. The van der Waals surface area contributed by atoms with Crippen molar-refractivity contribution in [1.82, 2.24) is 20.1 Å². The van der Waals surface area contributed by atoms with E-state index in [1.54, 1.807) is 0 Å². The van der Waals surface area contributed by atoms with Crippen molar-refractivity contribution in [2.45, 2.75) is 12.8 Å². The zero-order valence-electron chi connectivity index (χ0n) is 22.4. The summed E-state index contributed by atoms with van der Waals surface area (Å²) in [6.07, 6.45) is 3.08. The minimum Gasteiger partial charge on any atom is -0.478 e. The zero-order chi connectivity index (χ0) is 28.1. The number of carboxylic acids is 2. The minimum atomic E-state index is -1.26. The van der Waals surface area contributed by atoms with Gasteiger partial charge in [0.25, 0.3) is 5.91 Å². The van der Waals surface area contributed by atoms with Crippen molar-refractivity contribution in [2.24, 2.45) is 0 Å². The van der Waals surface area contributed by atoms with Gasteiger partial charge in [0, 0.05) is 41.7 Å².